The number of thioether (sulfide) groups is 1. The standard InChI is InChI=1S/C12H10O2S3/c1-15-8-4-5-10(9(7-8)12(13)14)17-11-3-2-6-16-11/h2-7H,1H3,(H,13,14). The van der Waals surface area contributed by atoms with Gasteiger partial charge in [0.1, 0.15) is 0 Å². The molecule has 5 heteroatoms. The molecule has 0 spiro atoms. The molecule has 2 aromatic rings. The highest BCUT2D eigenvalue weighted by Crippen LogP contribution is 2.35. The summed E-state index contributed by atoms with van der Waals surface area (Å²) in [6, 6.07) is 9.50. The Morgan fingerprint density at radius 3 is 2.76 bits per heavy atom. The van der Waals surface area contributed by atoms with Gasteiger partial charge in [-0.2, -0.15) is 0 Å². The van der Waals surface area contributed by atoms with Crippen LogP contribution in [-0.2, 0) is 0 Å². The Balaban J connectivity index is 2.36. The lowest BCUT2D eigenvalue weighted by Crippen LogP contribution is -1.98. The SMILES string of the molecule is CSc1ccc(Sc2cccs2)c(C(=O)O)c1. The van der Waals surface area contributed by atoms with E-state index in [0.717, 1.165) is 14.0 Å². The summed E-state index contributed by atoms with van der Waals surface area (Å²) in [7, 11) is 0. The van der Waals surface area contributed by atoms with Gasteiger partial charge in [-0.25, -0.2) is 4.79 Å². The second-order valence-corrected chi connectivity index (χ2v) is 6.37. The number of aromatic carboxylic acids is 1. The highest BCUT2D eigenvalue weighted by molar-refractivity contribution is 8.01. The van der Waals surface area contributed by atoms with Gasteiger partial charge in [0, 0.05) is 9.79 Å². The lowest BCUT2D eigenvalue weighted by Gasteiger charge is -2.06. The molecule has 1 heterocycles. The first kappa shape index (κ1) is 12.5. The van der Waals surface area contributed by atoms with Crippen molar-refractivity contribution >= 4 is 40.8 Å². The molecule has 2 nitrogen and oxygen atoms in total. The third-order valence-electron chi connectivity index (χ3n) is 2.12. The van der Waals surface area contributed by atoms with Gasteiger partial charge in [0.05, 0.1) is 9.77 Å². The third-order valence-corrected chi connectivity index (χ3v) is 4.96. The normalized spacial score (nSPS) is 10.4. The molecule has 1 N–H and O–H groups in total. The summed E-state index contributed by atoms with van der Waals surface area (Å²) >= 11 is 4.66. The predicted molar refractivity (Wildman–Crippen MR) is 73.6 cm³/mol. The molecular formula is C12H10O2S3. The molecule has 0 saturated heterocycles. The van der Waals surface area contributed by atoms with E-state index in [2.05, 4.69) is 0 Å². The molecule has 1 aromatic heterocycles. The minimum Gasteiger partial charge on any atom is -0.478 e. The predicted octanol–water partition coefficient (Wildman–Crippen LogP) is 4.32. The van der Waals surface area contributed by atoms with E-state index in [9.17, 15) is 9.90 Å². The summed E-state index contributed by atoms with van der Waals surface area (Å²) in [6.45, 7) is 0. The minimum absolute atomic E-state index is 0.371. The molecule has 0 aliphatic heterocycles. The fraction of sp³-hybridized carbons (Fsp3) is 0.0833. The van der Waals surface area contributed by atoms with Crippen molar-refractivity contribution in [2.24, 2.45) is 0 Å². The van der Waals surface area contributed by atoms with Crippen LogP contribution in [0, 0.1) is 0 Å². The Bertz CT molecular complexity index is 521. The molecule has 1 aromatic carbocycles. The zero-order valence-corrected chi connectivity index (χ0v) is 11.5. The van der Waals surface area contributed by atoms with Crippen LogP contribution in [0.5, 0.6) is 0 Å². The van der Waals surface area contributed by atoms with Crippen LogP contribution in [0.4, 0.5) is 0 Å². The van der Waals surface area contributed by atoms with Gasteiger partial charge in [-0.05, 0) is 35.9 Å². The fourth-order valence-corrected chi connectivity index (χ4v) is 3.59. The van der Waals surface area contributed by atoms with E-state index in [1.807, 2.05) is 35.9 Å². The molecule has 0 saturated carbocycles. The number of hydrogen-bond donors (Lipinski definition) is 1. The molecule has 0 aliphatic rings. The van der Waals surface area contributed by atoms with Crippen molar-refractivity contribution in [1.82, 2.24) is 0 Å². The number of rotatable bonds is 4. The first-order chi connectivity index (χ1) is 8.20. The van der Waals surface area contributed by atoms with Crippen molar-refractivity contribution in [2.75, 3.05) is 6.26 Å². The molecule has 0 bridgehead atoms. The third kappa shape index (κ3) is 3.06. The van der Waals surface area contributed by atoms with Crippen molar-refractivity contribution in [3.05, 3.63) is 41.3 Å². The summed E-state index contributed by atoms with van der Waals surface area (Å²) in [5.74, 6) is -0.875. The molecule has 0 unspecified atom stereocenters. The maximum absolute atomic E-state index is 11.2. The second kappa shape index (κ2) is 5.62. The van der Waals surface area contributed by atoms with Crippen LogP contribution in [0.25, 0.3) is 0 Å². The molecule has 0 aliphatic carbocycles. The Morgan fingerprint density at radius 2 is 2.18 bits per heavy atom. The van der Waals surface area contributed by atoms with Crippen LogP contribution >= 0.6 is 34.9 Å². The van der Waals surface area contributed by atoms with Gasteiger partial charge in [-0.3, -0.25) is 0 Å². The van der Waals surface area contributed by atoms with Crippen molar-refractivity contribution in [1.29, 1.82) is 0 Å². The van der Waals surface area contributed by atoms with E-state index in [1.54, 1.807) is 29.2 Å². The first-order valence-electron chi connectivity index (χ1n) is 4.83. The van der Waals surface area contributed by atoms with E-state index in [-0.39, 0.29) is 0 Å². The number of carboxylic acids is 1. The van der Waals surface area contributed by atoms with Gasteiger partial charge in [-0.15, -0.1) is 23.1 Å². The van der Waals surface area contributed by atoms with E-state index in [1.165, 1.54) is 11.8 Å². The Hall–Kier alpha value is -0.910. The van der Waals surface area contributed by atoms with Crippen LogP contribution < -0.4 is 0 Å². The molecule has 2 rings (SSSR count). The molecule has 88 valence electrons. The monoisotopic (exact) mass is 282 g/mol. The van der Waals surface area contributed by atoms with Crippen LogP contribution in [0.3, 0.4) is 0 Å². The first-order valence-corrected chi connectivity index (χ1v) is 7.75. The van der Waals surface area contributed by atoms with Crippen molar-refractivity contribution in [3.63, 3.8) is 0 Å². The Morgan fingerprint density at radius 1 is 1.35 bits per heavy atom. The number of thiophene rings is 1. The summed E-state index contributed by atoms with van der Waals surface area (Å²) in [6.07, 6.45) is 1.94. The summed E-state index contributed by atoms with van der Waals surface area (Å²) < 4.78 is 1.10. The summed E-state index contributed by atoms with van der Waals surface area (Å²) in [4.78, 5) is 13.0. The van der Waals surface area contributed by atoms with Crippen LogP contribution in [0.2, 0.25) is 0 Å². The zero-order chi connectivity index (χ0) is 12.3. The van der Waals surface area contributed by atoms with Gasteiger partial charge in [0.15, 0.2) is 0 Å². The smallest absolute Gasteiger partial charge is 0.336 e. The maximum Gasteiger partial charge on any atom is 0.336 e. The Kier molecular flexibility index (Phi) is 4.15. The van der Waals surface area contributed by atoms with Crippen molar-refractivity contribution < 1.29 is 9.90 Å². The molecular weight excluding hydrogens is 272 g/mol. The average Bonchev–Trinajstić information content (AvgIpc) is 2.82. The highest BCUT2D eigenvalue weighted by atomic mass is 32.2. The zero-order valence-electron chi connectivity index (χ0n) is 9.04. The van der Waals surface area contributed by atoms with Gasteiger partial charge in [0.2, 0.25) is 0 Å². The maximum atomic E-state index is 11.2. The number of benzene rings is 1. The van der Waals surface area contributed by atoms with Gasteiger partial charge in [0.25, 0.3) is 0 Å². The molecule has 0 atom stereocenters. The van der Waals surface area contributed by atoms with Crippen molar-refractivity contribution in [3.8, 4) is 0 Å². The van der Waals surface area contributed by atoms with E-state index < -0.39 is 5.97 Å². The van der Waals surface area contributed by atoms with E-state index in [4.69, 9.17) is 0 Å². The lowest BCUT2D eigenvalue weighted by molar-refractivity contribution is 0.0693. The Labute approximate surface area is 112 Å². The van der Waals surface area contributed by atoms with Gasteiger partial charge < -0.3 is 5.11 Å². The lowest BCUT2D eigenvalue weighted by atomic mass is 10.2. The van der Waals surface area contributed by atoms with Crippen LogP contribution in [0.15, 0.2) is 49.7 Å². The van der Waals surface area contributed by atoms with E-state index in [0.29, 0.717) is 5.56 Å². The largest absolute Gasteiger partial charge is 0.478 e. The average molecular weight is 282 g/mol. The second-order valence-electron chi connectivity index (χ2n) is 3.20. The number of hydrogen-bond acceptors (Lipinski definition) is 4. The highest BCUT2D eigenvalue weighted by Gasteiger charge is 2.12. The topological polar surface area (TPSA) is 37.3 Å². The minimum atomic E-state index is -0.875. The molecule has 0 radical (unpaired) electrons. The van der Waals surface area contributed by atoms with Crippen LogP contribution in [0.1, 0.15) is 10.4 Å². The van der Waals surface area contributed by atoms with Crippen molar-refractivity contribution in [2.45, 2.75) is 14.0 Å². The summed E-state index contributed by atoms with van der Waals surface area (Å²) in [5.41, 5.74) is 0.371. The summed E-state index contributed by atoms with van der Waals surface area (Å²) in [5, 5.41) is 11.2. The van der Waals surface area contributed by atoms with Crippen LogP contribution in [-0.4, -0.2) is 17.3 Å². The van der Waals surface area contributed by atoms with Gasteiger partial charge >= 0.3 is 5.97 Å². The molecule has 0 amide bonds. The fourth-order valence-electron chi connectivity index (χ4n) is 1.32. The number of carbonyl (C=O) groups is 1. The molecule has 17 heavy (non-hydrogen) atoms. The van der Waals surface area contributed by atoms with E-state index >= 15 is 0 Å². The van der Waals surface area contributed by atoms with Gasteiger partial charge in [-0.1, -0.05) is 17.8 Å². The number of carboxylic acid groups (broad SMARTS) is 1. The molecule has 0 fully saturated rings. The quantitative estimate of drug-likeness (QED) is 0.847.